The second kappa shape index (κ2) is 8.32. The van der Waals surface area contributed by atoms with Gasteiger partial charge in [-0.15, -0.1) is 0 Å². The second-order valence-corrected chi connectivity index (χ2v) is 6.93. The predicted molar refractivity (Wildman–Crippen MR) is 96.0 cm³/mol. The summed E-state index contributed by atoms with van der Waals surface area (Å²) in [4.78, 5) is 4.34. The summed E-state index contributed by atoms with van der Waals surface area (Å²) in [6.07, 6.45) is 5.95. The molecule has 0 spiro atoms. The van der Waals surface area contributed by atoms with Crippen molar-refractivity contribution in [1.29, 1.82) is 0 Å². The number of guanidine groups is 1. The molecule has 2 atom stereocenters. The standard InChI is InChI=1S/C17H27N3OS/c1-12-7-13(9-15(8-12)21-3)11-19-17(18-2)20-14-5-6-16(10-14)22-4/h7-9,14,16H,5-6,10-11H2,1-4H3,(H2,18,19,20). The number of hydrogen-bond acceptors (Lipinski definition) is 3. The molecule has 0 saturated heterocycles. The average molecular weight is 321 g/mol. The van der Waals surface area contributed by atoms with Crippen molar-refractivity contribution < 1.29 is 4.74 Å². The van der Waals surface area contributed by atoms with Gasteiger partial charge in [0.25, 0.3) is 0 Å². The Hall–Kier alpha value is -1.36. The normalized spacial score (nSPS) is 21.7. The summed E-state index contributed by atoms with van der Waals surface area (Å²) in [7, 11) is 3.53. The van der Waals surface area contributed by atoms with E-state index < -0.39 is 0 Å². The van der Waals surface area contributed by atoms with E-state index in [1.54, 1.807) is 7.11 Å². The first-order valence-corrected chi connectivity index (χ1v) is 9.08. The number of benzene rings is 1. The molecule has 0 heterocycles. The fourth-order valence-electron chi connectivity index (χ4n) is 2.90. The first kappa shape index (κ1) is 17.0. The van der Waals surface area contributed by atoms with Crippen LogP contribution in [0.4, 0.5) is 0 Å². The van der Waals surface area contributed by atoms with Crippen LogP contribution < -0.4 is 15.4 Å². The van der Waals surface area contributed by atoms with Crippen molar-refractivity contribution in [3.8, 4) is 5.75 Å². The van der Waals surface area contributed by atoms with Gasteiger partial charge < -0.3 is 15.4 Å². The number of nitrogens with one attached hydrogen (secondary N) is 2. The molecule has 122 valence electrons. The summed E-state index contributed by atoms with van der Waals surface area (Å²) in [5, 5.41) is 7.73. The van der Waals surface area contributed by atoms with Crippen LogP contribution in [0.5, 0.6) is 5.75 Å². The van der Waals surface area contributed by atoms with Gasteiger partial charge in [0.2, 0.25) is 0 Å². The minimum absolute atomic E-state index is 0.538. The highest BCUT2D eigenvalue weighted by molar-refractivity contribution is 7.99. The lowest BCUT2D eigenvalue weighted by Crippen LogP contribution is -2.42. The number of nitrogens with zero attached hydrogens (tertiary/aromatic N) is 1. The van der Waals surface area contributed by atoms with Crippen molar-refractivity contribution in [3.63, 3.8) is 0 Å². The molecule has 1 aromatic rings. The van der Waals surface area contributed by atoms with Crippen molar-refractivity contribution in [3.05, 3.63) is 29.3 Å². The molecule has 1 aromatic carbocycles. The Kier molecular flexibility index (Phi) is 6.43. The van der Waals surface area contributed by atoms with Crippen molar-refractivity contribution in [1.82, 2.24) is 10.6 Å². The van der Waals surface area contributed by atoms with E-state index in [0.717, 1.165) is 23.5 Å². The van der Waals surface area contributed by atoms with Crippen LogP contribution in [0.2, 0.25) is 0 Å². The molecule has 1 aliphatic carbocycles. The van der Waals surface area contributed by atoms with Gasteiger partial charge in [0.15, 0.2) is 5.96 Å². The SMILES string of the molecule is CN=C(NCc1cc(C)cc(OC)c1)NC1CCC(SC)C1. The topological polar surface area (TPSA) is 45.7 Å². The quantitative estimate of drug-likeness (QED) is 0.646. The highest BCUT2D eigenvalue weighted by Crippen LogP contribution is 2.28. The Morgan fingerprint density at radius 1 is 1.36 bits per heavy atom. The van der Waals surface area contributed by atoms with Gasteiger partial charge in [0.1, 0.15) is 5.75 Å². The molecule has 1 fully saturated rings. The maximum Gasteiger partial charge on any atom is 0.191 e. The third-order valence-corrected chi connectivity index (χ3v) is 5.18. The molecule has 4 nitrogen and oxygen atoms in total. The van der Waals surface area contributed by atoms with E-state index >= 15 is 0 Å². The Morgan fingerprint density at radius 3 is 2.82 bits per heavy atom. The third-order valence-electron chi connectivity index (χ3n) is 4.09. The number of hydrogen-bond donors (Lipinski definition) is 2. The fraction of sp³-hybridized carbons (Fsp3) is 0.588. The van der Waals surface area contributed by atoms with Gasteiger partial charge in [-0.3, -0.25) is 4.99 Å². The van der Waals surface area contributed by atoms with E-state index in [1.807, 2.05) is 24.9 Å². The lowest BCUT2D eigenvalue weighted by Gasteiger charge is -2.17. The molecule has 2 N–H and O–H groups in total. The molecule has 1 saturated carbocycles. The predicted octanol–water partition coefficient (Wildman–Crippen LogP) is 2.95. The summed E-state index contributed by atoms with van der Waals surface area (Å²) in [6.45, 7) is 2.83. The van der Waals surface area contributed by atoms with Gasteiger partial charge >= 0.3 is 0 Å². The molecule has 0 amide bonds. The Balaban J connectivity index is 1.88. The molecule has 2 unspecified atom stereocenters. The summed E-state index contributed by atoms with van der Waals surface area (Å²) >= 11 is 1.97. The zero-order chi connectivity index (χ0) is 15.9. The zero-order valence-corrected chi connectivity index (χ0v) is 14.8. The maximum atomic E-state index is 5.32. The number of aryl methyl sites for hydroxylation is 1. The molecule has 2 rings (SSSR count). The first-order chi connectivity index (χ1) is 10.6. The molecule has 0 aliphatic heterocycles. The van der Waals surface area contributed by atoms with Crippen LogP contribution in [0.15, 0.2) is 23.2 Å². The lowest BCUT2D eigenvalue weighted by atomic mass is 10.1. The van der Waals surface area contributed by atoms with E-state index in [-0.39, 0.29) is 0 Å². The van der Waals surface area contributed by atoms with E-state index in [9.17, 15) is 0 Å². The monoisotopic (exact) mass is 321 g/mol. The Bertz CT molecular complexity index is 519. The highest BCUT2D eigenvalue weighted by atomic mass is 32.2. The van der Waals surface area contributed by atoms with E-state index in [2.05, 4.69) is 40.9 Å². The van der Waals surface area contributed by atoms with Crippen LogP contribution in [-0.4, -0.2) is 37.7 Å². The van der Waals surface area contributed by atoms with Crippen molar-refractivity contribution >= 4 is 17.7 Å². The van der Waals surface area contributed by atoms with Crippen molar-refractivity contribution in [2.45, 2.75) is 44.0 Å². The van der Waals surface area contributed by atoms with Gasteiger partial charge in [0.05, 0.1) is 7.11 Å². The molecular weight excluding hydrogens is 294 g/mol. The molecule has 22 heavy (non-hydrogen) atoms. The first-order valence-electron chi connectivity index (χ1n) is 7.79. The zero-order valence-electron chi connectivity index (χ0n) is 14.0. The Morgan fingerprint density at radius 2 is 2.18 bits per heavy atom. The fourth-order valence-corrected chi connectivity index (χ4v) is 3.70. The molecular formula is C17H27N3OS. The smallest absolute Gasteiger partial charge is 0.191 e. The van der Waals surface area contributed by atoms with E-state index in [4.69, 9.17) is 4.74 Å². The van der Waals surface area contributed by atoms with Gasteiger partial charge in [-0.25, -0.2) is 0 Å². The lowest BCUT2D eigenvalue weighted by molar-refractivity contribution is 0.414. The highest BCUT2D eigenvalue weighted by Gasteiger charge is 2.24. The molecule has 0 aromatic heterocycles. The van der Waals surface area contributed by atoms with Crippen LogP contribution >= 0.6 is 11.8 Å². The summed E-state index contributed by atoms with van der Waals surface area (Å²) in [5.41, 5.74) is 2.41. The summed E-state index contributed by atoms with van der Waals surface area (Å²) in [6, 6.07) is 6.81. The Labute approximate surface area is 138 Å². The number of methoxy groups -OCH3 is 1. The summed E-state index contributed by atoms with van der Waals surface area (Å²) < 4.78 is 5.32. The molecule has 1 aliphatic rings. The average Bonchev–Trinajstić information content (AvgIpc) is 2.98. The van der Waals surface area contributed by atoms with Crippen LogP contribution in [0.1, 0.15) is 30.4 Å². The summed E-state index contributed by atoms with van der Waals surface area (Å²) in [5.74, 6) is 1.78. The van der Waals surface area contributed by atoms with Crippen LogP contribution in [0.3, 0.4) is 0 Å². The third kappa shape index (κ3) is 4.83. The van der Waals surface area contributed by atoms with Gasteiger partial charge in [0, 0.05) is 24.9 Å². The maximum absolute atomic E-state index is 5.32. The van der Waals surface area contributed by atoms with Crippen LogP contribution in [0.25, 0.3) is 0 Å². The van der Waals surface area contributed by atoms with Gasteiger partial charge in [-0.2, -0.15) is 11.8 Å². The number of thioether (sulfide) groups is 1. The molecule has 5 heteroatoms. The van der Waals surface area contributed by atoms with Gasteiger partial charge in [-0.1, -0.05) is 6.07 Å². The van der Waals surface area contributed by atoms with Crippen LogP contribution in [0, 0.1) is 6.92 Å². The minimum Gasteiger partial charge on any atom is -0.497 e. The van der Waals surface area contributed by atoms with Gasteiger partial charge in [-0.05, 0) is 55.7 Å². The molecule has 0 bridgehead atoms. The van der Waals surface area contributed by atoms with E-state index in [1.165, 1.54) is 30.4 Å². The number of rotatable bonds is 5. The van der Waals surface area contributed by atoms with Crippen molar-refractivity contribution in [2.75, 3.05) is 20.4 Å². The van der Waals surface area contributed by atoms with E-state index in [0.29, 0.717) is 6.04 Å². The minimum atomic E-state index is 0.538. The second-order valence-electron chi connectivity index (χ2n) is 5.80. The number of aliphatic imine (C=N–C) groups is 1. The van der Waals surface area contributed by atoms with Crippen LogP contribution in [-0.2, 0) is 6.54 Å². The number of ether oxygens (including phenoxy) is 1. The molecule has 0 radical (unpaired) electrons. The van der Waals surface area contributed by atoms with Crippen molar-refractivity contribution in [2.24, 2.45) is 4.99 Å². The largest absolute Gasteiger partial charge is 0.497 e.